The second kappa shape index (κ2) is 8.19. The van der Waals surface area contributed by atoms with E-state index in [-0.39, 0.29) is 11.8 Å². The molecule has 2 N–H and O–H groups in total. The summed E-state index contributed by atoms with van der Waals surface area (Å²) in [4.78, 5) is 23.8. The minimum absolute atomic E-state index is 0.164. The Hall–Kier alpha value is -3.02. The molecule has 2 rings (SSSR count). The average Bonchev–Trinajstić information content (AvgIpc) is 2.58. The van der Waals surface area contributed by atoms with E-state index in [1.807, 2.05) is 13.8 Å². The molecule has 0 saturated carbocycles. The van der Waals surface area contributed by atoms with Gasteiger partial charge in [-0.05, 0) is 49.7 Å². The van der Waals surface area contributed by atoms with Gasteiger partial charge in [0.2, 0.25) is 5.91 Å². The van der Waals surface area contributed by atoms with Crippen LogP contribution in [0.1, 0.15) is 29.8 Å². The number of ether oxygens (including phenoxy) is 2. The number of hydrogen-bond acceptors (Lipinski definition) is 4. The van der Waals surface area contributed by atoms with Crippen molar-refractivity contribution in [2.75, 3.05) is 24.4 Å². The molecule has 6 heteroatoms. The number of carbonyl (C=O) groups excluding carboxylic acids is 2. The van der Waals surface area contributed by atoms with E-state index in [4.69, 9.17) is 9.47 Å². The number of rotatable bonds is 6. The zero-order valence-electron chi connectivity index (χ0n) is 14.8. The first-order valence-corrected chi connectivity index (χ1v) is 7.95. The maximum Gasteiger partial charge on any atom is 0.255 e. The highest BCUT2D eigenvalue weighted by molar-refractivity contribution is 6.05. The Balaban J connectivity index is 2.25. The first-order chi connectivity index (χ1) is 12.0. The van der Waals surface area contributed by atoms with Crippen LogP contribution >= 0.6 is 0 Å². The van der Waals surface area contributed by atoms with Crippen LogP contribution in [0.5, 0.6) is 11.5 Å². The molecular formula is C19H22N2O4. The second-order valence-electron chi connectivity index (χ2n) is 5.41. The Morgan fingerprint density at radius 2 is 1.72 bits per heavy atom. The molecule has 0 atom stereocenters. The first-order valence-electron chi connectivity index (χ1n) is 7.95. The fourth-order valence-electron chi connectivity index (χ4n) is 2.38. The van der Waals surface area contributed by atoms with Gasteiger partial charge >= 0.3 is 0 Å². The molecule has 0 radical (unpaired) electrons. The minimum atomic E-state index is -0.272. The third-order valence-electron chi connectivity index (χ3n) is 3.62. The Morgan fingerprint density at radius 1 is 1.04 bits per heavy atom. The molecule has 0 aliphatic rings. The maximum atomic E-state index is 12.6. The van der Waals surface area contributed by atoms with E-state index in [1.54, 1.807) is 43.5 Å². The smallest absolute Gasteiger partial charge is 0.255 e. The van der Waals surface area contributed by atoms with Crippen molar-refractivity contribution in [1.29, 1.82) is 0 Å². The van der Waals surface area contributed by atoms with Gasteiger partial charge in [-0.25, -0.2) is 0 Å². The van der Waals surface area contributed by atoms with Gasteiger partial charge in [0.15, 0.2) is 11.5 Å². The van der Waals surface area contributed by atoms with Gasteiger partial charge in [0, 0.05) is 23.9 Å². The lowest BCUT2D eigenvalue weighted by molar-refractivity contribution is -0.114. The van der Waals surface area contributed by atoms with E-state index in [0.717, 1.165) is 5.56 Å². The molecule has 0 aliphatic carbocycles. The fraction of sp³-hybridized carbons (Fsp3) is 0.263. The normalized spacial score (nSPS) is 10.1. The van der Waals surface area contributed by atoms with Gasteiger partial charge in [0.05, 0.1) is 13.7 Å². The summed E-state index contributed by atoms with van der Waals surface area (Å²) < 4.78 is 10.7. The van der Waals surface area contributed by atoms with E-state index in [9.17, 15) is 9.59 Å². The van der Waals surface area contributed by atoms with Crippen LogP contribution in [0.25, 0.3) is 0 Å². The predicted molar refractivity (Wildman–Crippen MR) is 97.6 cm³/mol. The van der Waals surface area contributed by atoms with Gasteiger partial charge in [-0.15, -0.1) is 0 Å². The number of methoxy groups -OCH3 is 1. The third kappa shape index (κ3) is 4.50. The molecule has 132 valence electrons. The molecule has 0 fully saturated rings. The van der Waals surface area contributed by atoms with Crippen LogP contribution in [0, 0.1) is 6.92 Å². The third-order valence-corrected chi connectivity index (χ3v) is 3.62. The highest BCUT2D eigenvalue weighted by Crippen LogP contribution is 2.29. The molecule has 2 aromatic rings. The van der Waals surface area contributed by atoms with Crippen molar-refractivity contribution in [2.24, 2.45) is 0 Å². The molecule has 25 heavy (non-hydrogen) atoms. The summed E-state index contributed by atoms with van der Waals surface area (Å²) in [6.45, 7) is 5.61. The van der Waals surface area contributed by atoms with Crippen molar-refractivity contribution in [3.8, 4) is 11.5 Å². The Labute approximate surface area is 147 Å². The van der Waals surface area contributed by atoms with Crippen molar-refractivity contribution in [1.82, 2.24) is 0 Å². The predicted octanol–water partition coefficient (Wildman–Crippen LogP) is 3.61. The molecular weight excluding hydrogens is 320 g/mol. The zero-order chi connectivity index (χ0) is 18.4. The van der Waals surface area contributed by atoms with Crippen molar-refractivity contribution >= 4 is 23.2 Å². The van der Waals surface area contributed by atoms with E-state index in [0.29, 0.717) is 35.0 Å². The zero-order valence-corrected chi connectivity index (χ0v) is 14.8. The van der Waals surface area contributed by atoms with Gasteiger partial charge < -0.3 is 20.1 Å². The van der Waals surface area contributed by atoms with Crippen molar-refractivity contribution in [3.05, 3.63) is 47.5 Å². The summed E-state index contributed by atoms with van der Waals surface area (Å²) in [7, 11) is 1.55. The number of amides is 2. The van der Waals surface area contributed by atoms with Crippen LogP contribution in [-0.4, -0.2) is 25.5 Å². The molecule has 2 amide bonds. The van der Waals surface area contributed by atoms with E-state index >= 15 is 0 Å². The standard InChI is InChI=1S/C19H22N2O4/c1-5-25-18-11-14(9-10-17(18)24-4)19(23)21-16-8-6-7-15(12(16)2)20-13(3)22/h6-11H,5H2,1-4H3,(H,20,22)(H,21,23). The van der Waals surface area contributed by atoms with Gasteiger partial charge in [0.1, 0.15) is 0 Å². The number of hydrogen-bond donors (Lipinski definition) is 2. The lowest BCUT2D eigenvalue weighted by Gasteiger charge is -2.14. The largest absolute Gasteiger partial charge is 0.493 e. The SMILES string of the molecule is CCOc1cc(C(=O)Nc2cccc(NC(C)=O)c2C)ccc1OC. The summed E-state index contributed by atoms with van der Waals surface area (Å²) in [6, 6.07) is 10.3. The van der Waals surface area contributed by atoms with Crippen LogP contribution in [0.4, 0.5) is 11.4 Å². The Kier molecular flexibility index (Phi) is 6.00. The molecule has 0 spiro atoms. The van der Waals surface area contributed by atoms with Crippen LogP contribution in [-0.2, 0) is 4.79 Å². The number of benzene rings is 2. The van der Waals surface area contributed by atoms with Crippen molar-refractivity contribution < 1.29 is 19.1 Å². The van der Waals surface area contributed by atoms with Crippen LogP contribution < -0.4 is 20.1 Å². The molecule has 0 heterocycles. The molecule has 0 bridgehead atoms. The van der Waals surface area contributed by atoms with Crippen LogP contribution in [0.3, 0.4) is 0 Å². The summed E-state index contributed by atoms with van der Waals surface area (Å²) in [6.07, 6.45) is 0. The van der Waals surface area contributed by atoms with Crippen LogP contribution in [0.15, 0.2) is 36.4 Å². The van der Waals surface area contributed by atoms with Crippen molar-refractivity contribution in [2.45, 2.75) is 20.8 Å². The van der Waals surface area contributed by atoms with E-state index in [2.05, 4.69) is 10.6 Å². The fourth-order valence-corrected chi connectivity index (χ4v) is 2.38. The lowest BCUT2D eigenvalue weighted by atomic mass is 10.1. The molecule has 6 nitrogen and oxygen atoms in total. The van der Waals surface area contributed by atoms with Crippen molar-refractivity contribution in [3.63, 3.8) is 0 Å². The minimum Gasteiger partial charge on any atom is -0.493 e. The van der Waals surface area contributed by atoms with Gasteiger partial charge in [0.25, 0.3) is 5.91 Å². The average molecular weight is 342 g/mol. The molecule has 0 unspecified atom stereocenters. The van der Waals surface area contributed by atoms with E-state index < -0.39 is 0 Å². The number of nitrogens with one attached hydrogen (secondary N) is 2. The summed E-state index contributed by atoms with van der Waals surface area (Å²) in [5.74, 6) is 0.651. The highest BCUT2D eigenvalue weighted by Gasteiger charge is 2.13. The van der Waals surface area contributed by atoms with Gasteiger partial charge in [-0.3, -0.25) is 9.59 Å². The second-order valence-corrected chi connectivity index (χ2v) is 5.41. The summed E-state index contributed by atoms with van der Waals surface area (Å²) >= 11 is 0. The topological polar surface area (TPSA) is 76.7 Å². The quantitative estimate of drug-likeness (QED) is 0.841. The van der Waals surface area contributed by atoms with Crippen LogP contribution in [0.2, 0.25) is 0 Å². The van der Waals surface area contributed by atoms with Gasteiger partial charge in [-0.2, -0.15) is 0 Å². The molecule has 2 aromatic carbocycles. The molecule has 0 aliphatic heterocycles. The molecule has 0 saturated heterocycles. The Morgan fingerprint density at radius 3 is 2.32 bits per heavy atom. The summed E-state index contributed by atoms with van der Waals surface area (Å²) in [5, 5.41) is 5.60. The lowest BCUT2D eigenvalue weighted by Crippen LogP contribution is -2.14. The monoisotopic (exact) mass is 342 g/mol. The highest BCUT2D eigenvalue weighted by atomic mass is 16.5. The Bertz CT molecular complexity index is 787. The molecule has 0 aromatic heterocycles. The summed E-state index contributed by atoms with van der Waals surface area (Å²) in [5.41, 5.74) is 2.53. The number of anilines is 2. The van der Waals surface area contributed by atoms with E-state index in [1.165, 1.54) is 6.92 Å². The first kappa shape index (κ1) is 18.3. The van der Waals surface area contributed by atoms with Gasteiger partial charge in [-0.1, -0.05) is 6.07 Å². The number of carbonyl (C=O) groups is 2. The maximum absolute atomic E-state index is 12.6.